The Morgan fingerprint density at radius 1 is 1.14 bits per heavy atom. The molecule has 0 fully saturated rings. The highest BCUT2D eigenvalue weighted by molar-refractivity contribution is 5.99. The molecule has 0 saturated carbocycles. The zero-order chi connectivity index (χ0) is 26.5. The van der Waals surface area contributed by atoms with Gasteiger partial charge in [0, 0.05) is 29.6 Å². The molecule has 1 aromatic heterocycles. The minimum atomic E-state index is -0.538. The van der Waals surface area contributed by atoms with Crippen molar-refractivity contribution in [2.24, 2.45) is 0 Å². The summed E-state index contributed by atoms with van der Waals surface area (Å²) in [6, 6.07) is 14.9. The molecule has 190 valence electrons. The first-order valence-electron chi connectivity index (χ1n) is 12.0. The fourth-order valence-corrected chi connectivity index (χ4v) is 4.56. The fourth-order valence-electron chi connectivity index (χ4n) is 4.56. The molecule has 2 aromatic carbocycles. The van der Waals surface area contributed by atoms with Crippen molar-refractivity contribution in [2.45, 2.75) is 33.2 Å². The quantitative estimate of drug-likeness (QED) is 0.458. The summed E-state index contributed by atoms with van der Waals surface area (Å²) in [4.78, 5) is 18.3. The number of amides is 1. The van der Waals surface area contributed by atoms with E-state index in [2.05, 4.69) is 21.7 Å². The van der Waals surface area contributed by atoms with Crippen LogP contribution in [0.4, 0.5) is 5.69 Å². The van der Waals surface area contributed by atoms with Gasteiger partial charge in [0.25, 0.3) is 0 Å². The van der Waals surface area contributed by atoms with Crippen molar-refractivity contribution < 1.29 is 19.0 Å². The van der Waals surface area contributed by atoms with Gasteiger partial charge in [-0.3, -0.25) is 4.79 Å². The first kappa shape index (κ1) is 25.6. The highest BCUT2D eigenvalue weighted by Gasteiger charge is 2.37. The first-order valence-corrected chi connectivity index (χ1v) is 12.0. The Bertz CT molecular complexity index is 1390. The zero-order valence-corrected chi connectivity index (χ0v) is 21.6. The van der Waals surface area contributed by atoms with Crippen LogP contribution < -0.4 is 24.8 Å². The summed E-state index contributed by atoms with van der Waals surface area (Å²) in [6.45, 7) is 6.50. The summed E-state index contributed by atoms with van der Waals surface area (Å²) in [5, 5.41) is 15.9. The summed E-state index contributed by atoms with van der Waals surface area (Å²) in [6.07, 6.45) is 1.76. The van der Waals surface area contributed by atoms with Crippen molar-refractivity contribution in [3.63, 3.8) is 0 Å². The Morgan fingerprint density at radius 2 is 1.89 bits per heavy atom. The van der Waals surface area contributed by atoms with Crippen LogP contribution in [0.5, 0.6) is 17.4 Å². The summed E-state index contributed by atoms with van der Waals surface area (Å²) in [7, 11) is 3.17. The number of benzene rings is 2. The van der Waals surface area contributed by atoms with E-state index in [0.717, 1.165) is 33.7 Å². The number of aryl methyl sites for hydroxylation is 1. The van der Waals surface area contributed by atoms with E-state index in [4.69, 9.17) is 14.2 Å². The molecule has 1 amide bonds. The number of allylic oxidation sites excluding steroid dienone is 1. The SMILES string of the molecule is CCOc1ncc(C)c2c1[C@H](c1ccc(C#N)cc1OC)C(C(=O)NCc1ccc(OC)cc1)=C(C)N2. The molecule has 0 aliphatic carbocycles. The number of aromatic nitrogens is 1. The van der Waals surface area contributed by atoms with Crippen molar-refractivity contribution in [1.29, 1.82) is 5.26 Å². The lowest BCUT2D eigenvalue weighted by Crippen LogP contribution is -2.32. The molecule has 1 atom stereocenters. The molecule has 0 radical (unpaired) electrons. The number of rotatable bonds is 8. The van der Waals surface area contributed by atoms with Crippen molar-refractivity contribution in [3.8, 4) is 23.4 Å². The van der Waals surface area contributed by atoms with Gasteiger partial charge in [-0.2, -0.15) is 5.26 Å². The summed E-state index contributed by atoms with van der Waals surface area (Å²) < 4.78 is 16.9. The molecule has 1 aliphatic rings. The maximum Gasteiger partial charge on any atom is 0.250 e. The Balaban J connectivity index is 1.82. The van der Waals surface area contributed by atoms with Crippen molar-refractivity contribution in [1.82, 2.24) is 10.3 Å². The lowest BCUT2D eigenvalue weighted by molar-refractivity contribution is -0.117. The van der Waals surface area contributed by atoms with Crippen molar-refractivity contribution in [2.75, 3.05) is 26.1 Å². The Hall–Kier alpha value is -4.51. The number of methoxy groups -OCH3 is 2. The van der Waals surface area contributed by atoms with Crippen LogP contribution in [-0.4, -0.2) is 31.7 Å². The third-order valence-corrected chi connectivity index (χ3v) is 6.37. The minimum Gasteiger partial charge on any atom is -0.497 e. The smallest absolute Gasteiger partial charge is 0.250 e. The lowest BCUT2D eigenvalue weighted by Gasteiger charge is -2.33. The van der Waals surface area contributed by atoms with E-state index in [1.54, 1.807) is 32.5 Å². The number of carbonyl (C=O) groups is 1. The van der Waals surface area contributed by atoms with Gasteiger partial charge in [0.05, 0.1) is 49.6 Å². The van der Waals surface area contributed by atoms with Crippen LogP contribution in [0.1, 0.15) is 47.6 Å². The van der Waals surface area contributed by atoms with Gasteiger partial charge in [-0.1, -0.05) is 18.2 Å². The molecule has 0 unspecified atom stereocenters. The van der Waals surface area contributed by atoms with Gasteiger partial charge < -0.3 is 24.8 Å². The van der Waals surface area contributed by atoms with E-state index in [1.807, 2.05) is 51.1 Å². The normalized spacial score (nSPS) is 14.2. The zero-order valence-electron chi connectivity index (χ0n) is 21.6. The van der Waals surface area contributed by atoms with Crippen LogP contribution in [0.25, 0.3) is 0 Å². The van der Waals surface area contributed by atoms with Gasteiger partial charge in [-0.15, -0.1) is 0 Å². The molecule has 0 bridgehead atoms. The molecule has 2 heterocycles. The highest BCUT2D eigenvalue weighted by Crippen LogP contribution is 2.49. The van der Waals surface area contributed by atoms with Gasteiger partial charge >= 0.3 is 0 Å². The number of fused-ring (bicyclic) bond motifs is 1. The molecule has 1 aliphatic heterocycles. The predicted octanol–water partition coefficient (Wildman–Crippen LogP) is 4.83. The molecule has 2 N–H and O–H groups in total. The second-order valence-electron chi connectivity index (χ2n) is 8.66. The maximum absolute atomic E-state index is 13.8. The molecule has 8 nitrogen and oxygen atoms in total. The average Bonchev–Trinajstić information content (AvgIpc) is 2.92. The van der Waals surface area contributed by atoms with Crippen LogP contribution in [0, 0.1) is 18.3 Å². The number of ether oxygens (including phenoxy) is 3. The summed E-state index contributed by atoms with van der Waals surface area (Å²) >= 11 is 0. The van der Waals surface area contributed by atoms with E-state index in [0.29, 0.717) is 41.6 Å². The molecule has 0 saturated heterocycles. The Labute approximate surface area is 216 Å². The molecule has 37 heavy (non-hydrogen) atoms. The summed E-state index contributed by atoms with van der Waals surface area (Å²) in [5.74, 6) is 0.936. The highest BCUT2D eigenvalue weighted by atomic mass is 16.5. The molecule has 4 rings (SSSR count). The number of nitriles is 1. The Morgan fingerprint density at radius 3 is 2.54 bits per heavy atom. The number of pyridine rings is 1. The van der Waals surface area contributed by atoms with Crippen molar-refractivity contribution >= 4 is 11.6 Å². The van der Waals surface area contributed by atoms with Crippen LogP contribution in [0.3, 0.4) is 0 Å². The van der Waals surface area contributed by atoms with Crippen molar-refractivity contribution in [3.05, 3.63) is 87.7 Å². The monoisotopic (exact) mass is 498 g/mol. The molecule has 3 aromatic rings. The van der Waals surface area contributed by atoms with Gasteiger partial charge in [0.2, 0.25) is 11.8 Å². The third kappa shape index (κ3) is 5.07. The number of hydrogen-bond donors (Lipinski definition) is 2. The van der Waals surface area contributed by atoms with E-state index in [9.17, 15) is 10.1 Å². The topological polar surface area (TPSA) is 106 Å². The van der Waals surface area contributed by atoms with Crippen LogP contribution in [-0.2, 0) is 11.3 Å². The molecule has 0 spiro atoms. The number of nitrogens with one attached hydrogen (secondary N) is 2. The van der Waals surface area contributed by atoms with Gasteiger partial charge in [0.1, 0.15) is 11.5 Å². The number of nitrogens with zero attached hydrogens (tertiary/aromatic N) is 2. The number of carbonyl (C=O) groups excluding carboxylic acids is 1. The van der Waals surface area contributed by atoms with Crippen LogP contribution in [0.2, 0.25) is 0 Å². The first-order chi connectivity index (χ1) is 17.9. The lowest BCUT2D eigenvalue weighted by atomic mass is 9.79. The van der Waals surface area contributed by atoms with Gasteiger partial charge in [0.15, 0.2) is 0 Å². The maximum atomic E-state index is 13.8. The second kappa shape index (κ2) is 11.0. The molecular weight excluding hydrogens is 468 g/mol. The third-order valence-electron chi connectivity index (χ3n) is 6.37. The average molecular weight is 499 g/mol. The van der Waals surface area contributed by atoms with E-state index >= 15 is 0 Å². The van der Waals surface area contributed by atoms with Gasteiger partial charge in [-0.25, -0.2) is 4.98 Å². The summed E-state index contributed by atoms with van der Waals surface area (Å²) in [5.41, 5.74) is 5.92. The number of hydrogen-bond acceptors (Lipinski definition) is 7. The Kier molecular flexibility index (Phi) is 7.63. The number of anilines is 1. The van der Waals surface area contributed by atoms with Crippen LogP contribution >= 0.6 is 0 Å². The predicted molar refractivity (Wildman–Crippen MR) is 141 cm³/mol. The standard InChI is InChI=1S/C29H30N4O4/c1-6-37-29-26-25(22-12-9-20(14-30)13-23(22)36-5)24(18(3)33-27(26)17(2)15-32-29)28(34)31-16-19-7-10-21(35-4)11-8-19/h7-13,15,25,33H,6,16H2,1-5H3,(H,31,34)/t25-/m1/s1. The minimum absolute atomic E-state index is 0.230. The largest absolute Gasteiger partial charge is 0.497 e. The van der Waals surface area contributed by atoms with E-state index < -0.39 is 5.92 Å². The van der Waals surface area contributed by atoms with E-state index in [1.165, 1.54) is 0 Å². The van der Waals surface area contributed by atoms with E-state index in [-0.39, 0.29) is 5.91 Å². The fraction of sp³-hybridized carbons (Fsp3) is 0.276. The molecular formula is C29H30N4O4. The van der Waals surface area contributed by atoms with Crippen LogP contribution in [0.15, 0.2) is 59.9 Å². The molecule has 8 heteroatoms. The van der Waals surface area contributed by atoms with Gasteiger partial charge in [-0.05, 0) is 56.2 Å². The second-order valence-corrected chi connectivity index (χ2v) is 8.66.